The molecule has 1 N–H and O–H groups in total. The fraction of sp³-hybridized carbons (Fsp3) is 0.364. The summed E-state index contributed by atoms with van der Waals surface area (Å²) in [4.78, 5) is 4.36. The Morgan fingerprint density at radius 2 is 2.33 bits per heavy atom. The van der Waals surface area contributed by atoms with E-state index in [0.717, 1.165) is 35.1 Å². The second-order valence-corrected chi connectivity index (χ2v) is 4.56. The molecule has 0 bridgehead atoms. The van der Waals surface area contributed by atoms with Crippen molar-refractivity contribution in [1.82, 2.24) is 0 Å². The van der Waals surface area contributed by atoms with Crippen LogP contribution in [0.1, 0.15) is 12.0 Å². The lowest BCUT2D eigenvalue weighted by Crippen LogP contribution is -2.14. The van der Waals surface area contributed by atoms with Gasteiger partial charge in [-0.3, -0.25) is 4.99 Å². The second kappa shape index (κ2) is 4.66. The van der Waals surface area contributed by atoms with E-state index in [1.165, 1.54) is 12.1 Å². The molecule has 0 atom stereocenters. The number of benzene rings is 1. The lowest BCUT2D eigenvalue weighted by molar-refractivity contribution is 0.627. The van der Waals surface area contributed by atoms with Gasteiger partial charge < -0.3 is 5.32 Å². The van der Waals surface area contributed by atoms with Crippen molar-refractivity contribution in [2.75, 3.05) is 17.6 Å². The first-order valence-electron chi connectivity index (χ1n) is 4.96. The number of anilines is 1. The molecule has 0 saturated carbocycles. The van der Waals surface area contributed by atoms with Crippen LogP contribution in [-0.4, -0.2) is 17.5 Å². The summed E-state index contributed by atoms with van der Waals surface area (Å²) in [5.41, 5.74) is 1.84. The van der Waals surface area contributed by atoms with E-state index < -0.39 is 0 Å². The highest BCUT2D eigenvalue weighted by Gasteiger charge is 2.07. The summed E-state index contributed by atoms with van der Waals surface area (Å²) in [7, 11) is 0. The average Bonchev–Trinajstić information content (AvgIpc) is 2.24. The molecule has 80 valence electrons. The van der Waals surface area contributed by atoms with Gasteiger partial charge in [0.15, 0.2) is 5.17 Å². The van der Waals surface area contributed by atoms with E-state index in [4.69, 9.17) is 0 Å². The number of nitrogens with zero attached hydrogens (tertiary/aromatic N) is 1. The van der Waals surface area contributed by atoms with Crippen molar-refractivity contribution in [3.05, 3.63) is 29.6 Å². The summed E-state index contributed by atoms with van der Waals surface area (Å²) in [5.74, 6) is 0.905. The molecule has 2 nitrogen and oxygen atoms in total. The minimum Gasteiger partial charge on any atom is -0.335 e. The SMILES string of the molecule is Cc1cc(F)ccc1NC1=NCCCS1. The first-order chi connectivity index (χ1) is 7.25. The number of aryl methyl sites for hydroxylation is 1. The normalized spacial score (nSPS) is 16.0. The molecule has 0 spiro atoms. The number of nitrogens with one attached hydrogen (secondary N) is 1. The van der Waals surface area contributed by atoms with E-state index in [0.29, 0.717) is 0 Å². The van der Waals surface area contributed by atoms with E-state index in [-0.39, 0.29) is 5.82 Å². The Bertz CT molecular complexity index is 390. The van der Waals surface area contributed by atoms with Crippen LogP contribution < -0.4 is 5.32 Å². The van der Waals surface area contributed by atoms with Crippen molar-refractivity contribution in [1.29, 1.82) is 0 Å². The minimum atomic E-state index is -0.198. The molecule has 0 aromatic heterocycles. The average molecular weight is 224 g/mol. The summed E-state index contributed by atoms with van der Waals surface area (Å²) >= 11 is 1.72. The molecule has 1 aromatic rings. The molecule has 15 heavy (non-hydrogen) atoms. The number of halogens is 1. The van der Waals surface area contributed by atoms with E-state index in [2.05, 4.69) is 10.3 Å². The van der Waals surface area contributed by atoms with E-state index >= 15 is 0 Å². The molecule has 1 heterocycles. The van der Waals surface area contributed by atoms with Crippen LogP contribution in [0.25, 0.3) is 0 Å². The van der Waals surface area contributed by atoms with Crippen molar-refractivity contribution < 1.29 is 4.39 Å². The Morgan fingerprint density at radius 3 is 3.00 bits per heavy atom. The van der Waals surface area contributed by atoms with Gasteiger partial charge in [0, 0.05) is 18.0 Å². The summed E-state index contributed by atoms with van der Waals surface area (Å²) in [6.07, 6.45) is 1.14. The quantitative estimate of drug-likeness (QED) is 0.793. The van der Waals surface area contributed by atoms with Crippen LogP contribution in [0, 0.1) is 12.7 Å². The zero-order valence-electron chi connectivity index (χ0n) is 8.59. The van der Waals surface area contributed by atoms with E-state index in [9.17, 15) is 4.39 Å². The molecule has 1 aliphatic rings. The molecule has 0 amide bonds. The van der Waals surface area contributed by atoms with Gasteiger partial charge in [-0.05, 0) is 37.1 Å². The zero-order valence-corrected chi connectivity index (χ0v) is 9.40. The summed E-state index contributed by atoms with van der Waals surface area (Å²) in [6, 6.07) is 4.74. The van der Waals surface area contributed by atoms with Crippen LogP contribution in [0.5, 0.6) is 0 Å². The Balaban J connectivity index is 2.13. The van der Waals surface area contributed by atoms with Crippen LogP contribution in [0.4, 0.5) is 10.1 Å². The van der Waals surface area contributed by atoms with Crippen molar-refractivity contribution in [3.63, 3.8) is 0 Å². The van der Waals surface area contributed by atoms with Gasteiger partial charge in [0.05, 0.1) is 0 Å². The largest absolute Gasteiger partial charge is 0.335 e. The lowest BCUT2D eigenvalue weighted by Gasteiger charge is -2.14. The number of hydrogen-bond acceptors (Lipinski definition) is 3. The van der Waals surface area contributed by atoms with Crippen molar-refractivity contribution in [3.8, 4) is 0 Å². The third-order valence-corrected chi connectivity index (χ3v) is 3.22. The predicted octanol–water partition coefficient (Wildman–Crippen LogP) is 3.04. The Hall–Kier alpha value is -1.03. The zero-order chi connectivity index (χ0) is 10.7. The van der Waals surface area contributed by atoms with Gasteiger partial charge in [-0.25, -0.2) is 4.39 Å². The van der Waals surface area contributed by atoms with Gasteiger partial charge in [-0.1, -0.05) is 11.8 Å². The predicted molar refractivity (Wildman–Crippen MR) is 64.1 cm³/mol. The smallest absolute Gasteiger partial charge is 0.161 e. The number of rotatable bonds is 1. The molecule has 0 fully saturated rings. The molecule has 2 rings (SSSR count). The highest BCUT2D eigenvalue weighted by molar-refractivity contribution is 8.14. The molecule has 1 aliphatic heterocycles. The lowest BCUT2D eigenvalue weighted by atomic mass is 10.2. The fourth-order valence-corrected chi connectivity index (χ4v) is 2.25. The van der Waals surface area contributed by atoms with E-state index in [1.807, 2.05) is 6.92 Å². The van der Waals surface area contributed by atoms with Crippen LogP contribution in [0.3, 0.4) is 0 Å². The van der Waals surface area contributed by atoms with Crippen molar-refractivity contribution >= 4 is 22.6 Å². The maximum Gasteiger partial charge on any atom is 0.161 e. The summed E-state index contributed by atoms with van der Waals surface area (Å²) < 4.78 is 12.9. The molecular weight excluding hydrogens is 211 g/mol. The van der Waals surface area contributed by atoms with Gasteiger partial charge in [-0.2, -0.15) is 0 Å². The molecule has 0 radical (unpaired) electrons. The topological polar surface area (TPSA) is 24.4 Å². The van der Waals surface area contributed by atoms with Crippen LogP contribution in [-0.2, 0) is 0 Å². The van der Waals surface area contributed by atoms with E-state index in [1.54, 1.807) is 17.8 Å². The third kappa shape index (κ3) is 2.72. The molecule has 0 aliphatic carbocycles. The summed E-state index contributed by atoms with van der Waals surface area (Å²) in [5, 5.41) is 4.16. The number of thioether (sulfide) groups is 1. The van der Waals surface area contributed by atoms with Gasteiger partial charge in [0.2, 0.25) is 0 Å². The van der Waals surface area contributed by atoms with Crippen LogP contribution >= 0.6 is 11.8 Å². The third-order valence-electron chi connectivity index (χ3n) is 2.23. The maximum atomic E-state index is 12.9. The Kier molecular flexibility index (Phi) is 3.26. The van der Waals surface area contributed by atoms with Gasteiger partial charge in [0.1, 0.15) is 5.82 Å². The number of aliphatic imine (C=N–C) groups is 1. The van der Waals surface area contributed by atoms with Crippen molar-refractivity contribution in [2.45, 2.75) is 13.3 Å². The van der Waals surface area contributed by atoms with Gasteiger partial charge in [0.25, 0.3) is 0 Å². The van der Waals surface area contributed by atoms with Crippen LogP contribution in [0.15, 0.2) is 23.2 Å². The Labute approximate surface area is 93.0 Å². The summed E-state index contributed by atoms with van der Waals surface area (Å²) in [6.45, 7) is 2.77. The van der Waals surface area contributed by atoms with Crippen molar-refractivity contribution in [2.24, 2.45) is 4.99 Å². The molecule has 1 aromatic carbocycles. The Morgan fingerprint density at radius 1 is 1.47 bits per heavy atom. The maximum absolute atomic E-state index is 12.9. The monoisotopic (exact) mass is 224 g/mol. The second-order valence-electron chi connectivity index (χ2n) is 3.47. The molecule has 0 unspecified atom stereocenters. The van der Waals surface area contributed by atoms with Gasteiger partial charge in [-0.15, -0.1) is 0 Å². The van der Waals surface area contributed by atoms with Crippen LogP contribution in [0.2, 0.25) is 0 Å². The fourth-order valence-electron chi connectivity index (χ4n) is 1.42. The van der Waals surface area contributed by atoms with Gasteiger partial charge >= 0.3 is 0 Å². The minimum absolute atomic E-state index is 0.198. The number of amidine groups is 1. The first-order valence-corrected chi connectivity index (χ1v) is 5.95. The molecular formula is C11H13FN2S. The highest BCUT2D eigenvalue weighted by atomic mass is 32.2. The standard InChI is InChI=1S/C11H13FN2S/c1-8-7-9(12)3-4-10(8)14-11-13-5-2-6-15-11/h3-4,7H,2,5-6H2,1H3,(H,13,14). The molecule has 0 saturated heterocycles. The first kappa shape index (κ1) is 10.5. The molecule has 4 heteroatoms. The highest BCUT2D eigenvalue weighted by Crippen LogP contribution is 2.19. The number of hydrogen-bond donors (Lipinski definition) is 1.